The highest BCUT2D eigenvalue weighted by atomic mass is 16.6. The van der Waals surface area contributed by atoms with Gasteiger partial charge in [-0.05, 0) is 56.8 Å². The maximum absolute atomic E-state index is 13.2. The van der Waals surface area contributed by atoms with Crippen molar-refractivity contribution in [3.05, 3.63) is 0 Å². The van der Waals surface area contributed by atoms with Gasteiger partial charge < -0.3 is 19.3 Å². The minimum atomic E-state index is -1.11. The molecule has 160 valence electrons. The molecule has 0 aromatic carbocycles. The fraction of sp³-hybridized carbons (Fsp3) is 0.864. The first-order chi connectivity index (χ1) is 13.6. The number of methoxy groups -OCH3 is 1. The number of fused-ring (bicyclic) bond motifs is 1. The van der Waals surface area contributed by atoms with Crippen molar-refractivity contribution < 1.29 is 33.7 Å². The van der Waals surface area contributed by atoms with E-state index in [9.17, 15) is 19.5 Å². The van der Waals surface area contributed by atoms with Gasteiger partial charge in [-0.2, -0.15) is 0 Å². The van der Waals surface area contributed by atoms with Gasteiger partial charge in [0, 0.05) is 18.8 Å². The Bertz CT molecular complexity index is 809. The van der Waals surface area contributed by atoms with Crippen LogP contribution < -0.4 is 0 Å². The maximum atomic E-state index is 13.2. The van der Waals surface area contributed by atoms with Crippen molar-refractivity contribution in [3.63, 3.8) is 0 Å². The van der Waals surface area contributed by atoms with Crippen molar-refractivity contribution in [2.75, 3.05) is 7.11 Å². The SMILES string of the molecule is COC(=O)[C@H]1[C@H]2[C@@]3(CCC(O)[C@]2(C)C(=O)O3)[C@@H]2CC[C@]3(OC(C)=O)C[C@@]21CC3C. The number of carbonyl (C=O) groups excluding carboxylic acids is 3. The van der Waals surface area contributed by atoms with Crippen LogP contribution in [0.15, 0.2) is 0 Å². The molecule has 2 unspecified atom stereocenters. The highest BCUT2D eigenvalue weighted by Gasteiger charge is 2.85. The monoisotopic (exact) mass is 406 g/mol. The number of esters is 3. The normalized spacial score (nSPS) is 54.4. The first-order valence-corrected chi connectivity index (χ1v) is 10.8. The molecule has 4 aliphatic carbocycles. The van der Waals surface area contributed by atoms with Gasteiger partial charge in [0.05, 0.1) is 24.5 Å². The Morgan fingerprint density at radius 1 is 1.24 bits per heavy atom. The predicted molar refractivity (Wildman–Crippen MR) is 99.2 cm³/mol. The molecule has 1 saturated heterocycles. The number of aliphatic hydroxyl groups excluding tert-OH is 1. The largest absolute Gasteiger partial charge is 0.469 e. The summed E-state index contributed by atoms with van der Waals surface area (Å²) in [7, 11) is 1.38. The minimum Gasteiger partial charge on any atom is -0.469 e. The second kappa shape index (κ2) is 5.54. The fourth-order valence-corrected chi connectivity index (χ4v) is 8.61. The van der Waals surface area contributed by atoms with Crippen molar-refractivity contribution >= 4 is 17.9 Å². The van der Waals surface area contributed by atoms with Crippen molar-refractivity contribution in [1.82, 2.24) is 0 Å². The Morgan fingerprint density at radius 3 is 2.62 bits per heavy atom. The summed E-state index contributed by atoms with van der Waals surface area (Å²) in [6, 6.07) is 0. The Labute approximate surface area is 170 Å². The molecule has 0 aromatic heterocycles. The number of ether oxygens (including phenoxy) is 3. The molecule has 1 aliphatic heterocycles. The molecule has 7 nitrogen and oxygen atoms in total. The lowest BCUT2D eigenvalue weighted by atomic mass is 9.59. The smallest absolute Gasteiger partial charge is 0.315 e. The third-order valence-electron chi connectivity index (χ3n) is 9.50. The van der Waals surface area contributed by atoms with Gasteiger partial charge in [-0.15, -0.1) is 0 Å². The molecule has 0 aromatic rings. The highest BCUT2D eigenvalue weighted by molar-refractivity contribution is 5.85. The maximum Gasteiger partial charge on any atom is 0.315 e. The molecule has 1 N–H and O–H groups in total. The second-order valence-corrected chi connectivity index (χ2v) is 10.4. The highest BCUT2D eigenvalue weighted by Crippen LogP contribution is 2.79. The Hall–Kier alpha value is -1.63. The van der Waals surface area contributed by atoms with Gasteiger partial charge in [-0.1, -0.05) is 6.92 Å². The van der Waals surface area contributed by atoms with E-state index in [1.807, 2.05) is 0 Å². The zero-order valence-corrected chi connectivity index (χ0v) is 17.5. The molecule has 5 rings (SSSR count). The van der Waals surface area contributed by atoms with E-state index >= 15 is 0 Å². The van der Waals surface area contributed by atoms with E-state index in [-0.39, 0.29) is 29.7 Å². The van der Waals surface area contributed by atoms with E-state index in [2.05, 4.69) is 6.92 Å². The van der Waals surface area contributed by atoms with Crippen LogP contribution in [0.2, 0.25) is 0 Å². The standard InChI is InChI=1S/C22H30O7/c1-11-9-20-10-21(11,28-12(2)23)7-5-13(20)22-8-6-14(24)19(3,18(26)29-22)16(22)15(20)17(25)27-4/h11,13-16,24H,5-10H2,1-4H3/t11?,13-,14?,15-,16-,19+,20+,21+,22-/m1/s1. The van der Waals surface area contributed by atoms with Gasteiger partial charge in [0.1, 0.15) is 11.2 Å². The van der Waals surface area contributed by atoms with Crippen LogP contribution in [0.3, 0.4) is 0 Å². The van der Waals surface area contributed by atoms with Crippen molar-refractivity contribution in [1.29, 1.82) is 0 Å². The molecule has 1 spiro atoms. The quantitative estimate of drug-likeness (QED) is 0.553. The summed E-state index contributed by atoms with van der Waals surface area (Å²) in [5.74, 6) is -1.88. The summed E-state index contributed by atoms with van der Waals surface area (Å²) in [6.45, 7) is 5.28. The first kappa shape index (κ1) is 19.3. The summed E-state index contributed by atoms with van der Waals surface area (Å²) in [4.78, 5) is 38.1. The molecular weight excluding hydrogens is 376 g/mol. The summed E-state index contributed by atoms with van der Waals surface area (Å²) in [6.07, 6.45) is 2.98. The zero-order chi connectivity index (χ0) is 21.0. The van der Waals surface area contributed by atoms with Crippen molar-refractivity contribution in [3.8, 4) is 0 Å². The molecule has 5 aliphatic rings. The number of hydrogen-bond donors (Lipinski definition) is 1. The fourth-order valence-electron chi connectivity index (χ4n) is 8.61. The lowest BCUT2D eigenvalue weighted by molar-refractivity contribution is -0.173. The lowest BCUT2D eigenvalue weighted by Crippen LogP contribution is -2.53. The average Bonchev–Trinajstić information content (AvgIpc) is 3.08. The summed E-state index contributed by atoms with van der Waals surface area (Å²) >= 11 is 0. The average molecular weight is 406 g/mol. The van der Waals surface area contributed by atoms with Crippen LogP contribution in [0.1, 0.15) is 59.3 Å². The van der Waals surface area contributed by atoms with Crippen LogP contribution in [-0.4, -0.2) is 47.4 Å². The molecule has 0 amide bonds. The Kier molecular flexibility index (Phi) is 3.69. The van der Waals surface area contributed by atoms with E-state index in [4.69, 9.17) is 14.2 Å². The molecule has 4 bridgehead atoms. The number of hydrogen-bond acceptors (Lipinski definition) is 7. The summed E-state index contributed by atoms with van der Waals surface area (Å²) in [5, 5.41) is 10.8. The number of aliphatic hydroxyl groups is 1. The molecule has 5 fully saturated rings. The lowest BCUT2D eigenvalue weighted by Gasteiger charge is -2.47. The summed E-state index contributed by atoms with van der Waals surface area (Å²) < 4.78 is 17.3. The van der Waals surface area contributed by atoms with Gasteiger partial charge in [-0.3, -0.25) is 14.4 Å². The zero-order valence-electron chi connectivity index (χ0n) is 17.5. The summed E-state index contributed by atoms with van der Waals surface area (Å²) in [5.41, 5.74) is -2.88. The van der Waals surface area contributed by atoms with Gasteiger partial charge in [0.25, 0.3) is 0 Å². The van der Waals surface area contributed by atoms with Gasteiger partial charge in [0.15, 0.2) is 0 Å². The van der Waals surface area contributed by atoms with E-state index in [1.54, 1.807) is 6.92 Å². The molecule has 4 saturated carbocycles. The van der Waals surface area contributed by atoms with Gasteiger partial charge >= 0.3 is 17.9 Å². The topological polar surface area (TPSA) is 99.1 Å². The molecule has 0 radical (unpaired) electrons. The van der Waals surface area contributed by atoms with Crippen LogP contribution in [0.4, 0.5) is 0 Å². The second-order valence-electron chi connectivity index (χ2n) is 10.4. The van der Waals surface area contributed by atoms with Crippen LogP contribution in [-0.2, 0) is 28.6 Å². The first-order valence-electron chi connectivity index (χ1n) is 10.8. The van der Waals surface area contributed by atoms with Crippen molar-refractivity contribution in [2.45, 2.75) is 76.6 Å². The Balaban J connectivity index is 1.69. The van der Waals surface area contributed by atoms with E-state index in [0.29, 0.717) is 25.7 Å². The van der Waals surface area contributed by atoms with E-state index in [0.717, 1.165) is 12.8 Å². The Morgan fingerprint density at radius 2 is 1.97 bits per heavy atom. The van der Waals surface area contributed by atoms with Crippen LogP contribution in [0, 0.1) is 34.5 Å². The minimum absolute atomic E-state index is 0.0102. The molecule has 9 atom stereocenters. The van der Waals surface area contributed by atoms with Crippen molar-refractivity contribution in [2.24, 2.45) is 34.5 Å². The molecule has 7 heteroatoms. The number of carbonyl (C=O) groups is 3. The number of rotatable bonds is 2. The van der Waals surface area contributed by atoms with Crippen LogP contribution >= 0.6 is 0 Å². The van der Waals surface area contributed by atoms with Crippen LogP contribution in [0.5, 0.6) is 0 Å². The van der Waals surface area contributed by atoms with Gasteiger partial charge in [-0.25, -0.2) is 0 Å². The van der Waals surface area contributed by atoms with Crippen LogP contribution in [0.25, 0.3) is 0 Å². The molecule has 1 heterocycles. The third kappa shape index (κ3) is 1.96. The van der Waals surface area contributed by atoms with Gasteiger partial charge in [0.2, 0.25) is 0 Å². The molecule has 29 heavy (non-hydrogen) atoms. The van der Waals surface area contributed by atoms with E-state index in [1.165, 1.54) is 14.0 Å². The van der Waals surface area contributed by atoms with E-state index < -0.39 is 40.0 Å². The molecular formula is C22H30O7. The predicted octanol–water partition coefficient (Wildman–Crippen LogP) is 1.99. The third-order valence-corrected chi connectivity index (χ3v) is 9.50.